The lowest BCUT2D eigenvalue weighted by atomic mass is 10.3. The van der Waals surface area contributed by atoms with E-state index in [1.54, 1.807) is 6.92 Å². The zero-order valence-corrected chi connectivity index (χ0v) is 8.50. The average Bonchev–Trinajstić information content (AvgIpc) is 2.82. The number of hydrogen-bond donors (Lipinski definition) is 2. The van der Waals surface area contributed by atoms with Crippen molar-refractivity contribution in [3.8, 4) is 11.6 Å². The SMILES string of the molecule is Cc1cc(-c2nc(C(=O)O)c(C(=O)O)o2)no1. The number of aryl methyl sites for hydroxylation is 1. The highest BCUT2D eigenvalue weighted by molar-refractivity contribution is 5.98. The lowest BCUT2D eigenvalue weighted by Crippen LogP contribution is -2.05. The van der Waals surface area contributed by atoms with E-state index in [0.717, 1.165) is 0 Å². The molecule has 2 N–H and O–H groups in total. The molecule has 8 nitrogen and oxygen atoms in total. The van der Waals surface area contributed by atoms with Crippen LogP contribution >= 0.6 is 0 Å². The number of carboxylic acids is 2. The van der Waals surface area contributed by atoms with Gasteiger partial charge in [0.2, 0.25) is 17.3 Å². The fourth-order valence-electron chi connectivity index (χ4n) is 1.19. The van der Waals surface area contributed by atoms with E-state index < -0.39 is 23.4 Å². The molecule has 0 aliphatic carbocycles. The number of hydrogen-bond acceptors (Lipinski definition) is 6. The van der Waals surface area contributed by atoms with Crippen molar-refractivity contribution in [2.45, 2.75) is 6.92 Å². The number of nitrogens with zero attached hydrogens (tertiary/aromatic N) is 2. The van der Waals surface area contributed by atoms with Gasteiger partial charge in [-0.05, 0) is 6.92 Å². The Bertz CT molecular complexity index is 565. The number of rotatable bonds is 3. The quantitative estimate of drug-likeness (QED) is 0.811. The van der Waals surface area contributed by atoms with Gasteiger partial charge in [-0.3, -0.25) is 0 Å². The topological polar surface area (TPSA) is 127 Å². The number of aromatic nitrogens is 2. The predicted octanol–water partition coefficient (Wildman–Crippen LogP) is 1.03. The van der Waals surface area contributed by atoms with Crippen molar-refractivity contribution in [1.82, 2.24) is 10.1 Å². The standard InChI is InChI=1S/C9H6N2O6/c1-3-2-4(11-17-3)7-10-5(8(12)13)6(16-7)9(14)15/h2H,1H3,(H,12,13)(H,14,15). The highest BCUT2D eigenvalue weighted by atomic mass is 16.5. The zero-order valence-electron chi connectivity index (χ0n) is 8.50. The summed E-state index contributed by atoms with van der Waals surface area (Å²) in [4.78, 5) is 25.0. The third-order valence-corrected chi connectivity index (χ3v) is 1.87. The van der Waals surface area contributed by atoms with Gasteiger partial charge in [0, 0.05) is 6.07 Å². The van der Waals surface area contributed by atoms with Crippen LogP contribution in [0.1, 0.15) is 26.8 Å². The molecular formula is C9H6N2O6. The van der Waals surface area contributed by atoms with Crippen LogP contribution in [0.15, 0.2) is 15.0 Å². The van der Waals surface area contributed by atoms with Crippen LogP contribution in [0.2, 0.25) is 0 Å². The molecule has 2 aromatic heterocycles. The third kappa shape index (κ3) is 1.87. The molecule has 88 valence electrons. The van der Waals surface area contributed by atoms with Gasteiger partial charge >= 0.3 is 11.9 Å². The summed E-state index contributed by atoms with van der Waals surface area (Å²) in [6.07, 6.45) is 0. The van der Waals surface area contributed by atoms with Gasteiger partial charge in [0.05, 0.1) is 0 Å². The second-order valence-corrected chi connectivity index (χ2v) is 3.13. The van der Waals surface area contributed by atoms with E-state index in [9.17, 15) is 9.59 Å². The third-order valence-electron chi connectivity index (χ3n) is 1.87. The summed E-state index contributed by atoms with van der Waals surface area (Å²) in [6, 6.07) is 1.45. The van der Waals surface area contributed by atoms with Crippen molar-refractivity contribution < 1.29 is 28.7 Å². The average molecular weight is 238 g/mol. The summed E-state index contributed by atoms with van der Waals surface area (Å²) in [6.45, 7) is 1.62. The Kier molecular flexibility index (Phi) is 2.39. The highest BCUT2D eigenvalue weighted by Gasteiger charge is 2.26. The molecule has 0 radical (unpaired) electrons. The number of carboxylic acid groups (broad SMARTS) is 2. The number of oxazole rings is 1. The highest BCUT2D eigenvalue weighted by Crippen LogP contribution is 2.21. The minimum atomic E-state index is -1.51. The van der Waals surface area contributed by atoms with Gasteiger partial charge in [0.15, 0.2) is 5.69 Å². The van der Waals surface area contributed by atoms with Crippen LogP contribution in [0.3, 0.4) is 0 Å². The van der Waals surface area contributed by atoms with E-state index in [4.69, 9.17) is 19.2 Å². The van der Waals surface area contributed by atoms with Crippen molar-refractivity contribution >= 4 is 11.9 Å². The van der Waals surface area contributed by atoms with Gasteiger partial charge in [0.1, 0.15) is 5.76 Å². The molecule has 2 rings (SSSR count). The van der Waals surface area contributed by atoms with Gasteiger partial charge < -0.3 is 19.2 Å². The van der Waals surface area contributed by atoms with E-state index in [1.807, 2.05) is 0 Å². The number of carbonyl (C=O) groups is 2. The van der Waals surface area contributed by atoms with Crippen LogP contribution in [0.5, 0.6) is 0 Å². The Morgan fingerprint density at radius 2 is 2.00 bits per heavy atom. The molecular weight excluding hydrogens is 232 g/mol. The zero-order chi connectivity index (χ0) is 12.6. The summed E-state index contributed by atoms with van der Waals surface area (Å²) in [7, 11) is 0. The molecule has 0 fully saturated rings. The fourth-order valence-corrected chi connectivity index (χ4v) is 1.19. The molecule has 17 heavy (non-hydrogen) atoms. The lowest BCUT2D eigenvalue weighted by Gasteiger charge is -1.86. The number of aromatic carboxylic acids is 2. The first kappa shape index (κ1) is 10.9. The van der Waals surface area contributed by atoms with Crippen LogP contribution in [0.4, 0.5) is 0 Å². The molecule has 0 saturated heterocycles. The van der Waals surface area contributed by atoms with Gasteiger partial charge in [-0.2, -0.15) is 4.98 Å². The normalized spacial score (nSPS) is 10.4. The summed E-state index contributed by atoms with van der Waals surface area (Å²) < 4.78 is 9.57. The van der Waals surface area contributed by atoms with Crippen LogP contribution in [-0.2, 0) is 0 Å². The molecule has 0 saturated carbocycles. The Morgan fingerprint density at radius 3 is 2.41 bits per heavy atom. The summed E-state index contributed by atoms with van der Waals surface area (Å²) in [5.74, 6) is -3.49. The maximum atomic E-state index is 10.7. The minimum Gasteiger partial charge on any atom is -0.476 e. The van der Waals surface area contributed by atoms with Crippen molar-refractivity contribution in [1.29, 1.82) is 0 Å². The Hall–Kier alpha value is -2.64. The first-order valence-electron chi connectivity index (χ1n) is 4.40. The molecule has 2 aromatic rings. The van der Waals surface area contributed by atoms with E-state index in [2.05, 4.69) is 10.1 Å². The molecule has 8 heteroatoms. The Morgan fingerprint density at radius 1 is 1.29 bits per heavy atom. The molecule has 2 heterocycles. The summed E-state index contributed by atoms with van der Waals surface area (Å²) in [5, 5.41) is 21.0. The van der Waals surface area contributed by atoms with Crippen molar-refractivity contribution in [2.75, 3.05) is 0 Å². The predicted molar refractivity (Wildman–Crippen MR) is 50.7 cm³/mol. The van der Waals surface area contributed by atoms with Gasteiger partial charge in [-0.15, -0.1) is 0 Å². The maximum absolute atomic E-state index is 10.7. The molecule has 0 aliphatic rings. The van der Waals surface area contributed by atoms with E-state index in [0.29, 0.717) is 5.76 Å². The maximum Gasteiger partial charge on any atom is 0.374 e. The van der Waals surface area contributed by atoms with Gasteiger partial charge in [-0.25, -0.2) is 9.59 Å². The first-order chi connectivity index (χ1) is 7.99. The lowest BCUT2D eigenvalue weighted by molar-refractivity contribution is 0.0624. The van der Waals surface area contributed by atoms with E-state index in [-0.39, 0.29) is 11.6 Å². The smallest absolute Gasteiger partial charge is 0.374 e. The second-order valence-electron chi connectivity index (χ2n) is 3.13. The second kappa shape index (κ2) is 3.74. The molecule has 0 aromatic carbocycles. The Labute approximate surface area is 93.5 Å². The van der Waals surface area contributed by atoms with Crippen LogP contribution in [-0.4, -0.2) is 32.3 Å². The van der Waals surface area contributed by atoms with Gasteiger partial charge in [0.25, 0.3) is 0 Å². The van der Waals surface area contributed by atoms with Gasteiger partial charge in [-0.1, -0.05) is 5.16 Å². The summed E-state index contributed by atoms with van der Waals surface area (Å²) >= 11 is 0. The first-order valence-corrected chi connectivity index (χ1v) is 4.40. The van der Waals surface area contributed by atoms with Crippen LogP contribution in [0.25, 0.3) is 11.6 Å². The van der Waals surface area contributed by atoms with Crippen molar-refractivity contribution in [3.63, 3.8) is 0 Å². The molecule has 0 bridgehead atoms. The summed E-state index contributed by atoms with van der Waals surface area (Å²) in [5.41, 5.74) is -0.536. The van der Waals surface area contributed by atoms with Crippen LogP contribution < -0.4 is 0 Å². The van der Waals surface area contributed by atoms with E-state index in [1.165, 1.54) is 6.07 Å². The molecule has 0 unspecified atom stereocenters. The van der Waals surface area contributed by atoms with E-state index >= 15 is 0 Å². The van der Waals surface area contributed by atoms with Crippen LogP contribution in [0, 0.1) is 6.92 Å². The molecule has 0 aliphatic heterocycles. The largest absolute Gasteiger partial charge is 0.476 e. The molecule has 0 atom stereocenters. The minimum absolute atomic E-state index is 0.137. The fraction of sp³-hybridized carbons (Fsp3) is 0.111. The Balaban J connectivity index is 2.54. The van der Waals surface area contributed by atoms with Crippen molar-refractivity contribution in [2.24, 2.45) is 0 Å². The molecule has 0 spiro atoms. The van der Waals surface area contributed by atoms with Crippen molar-refractivity contribution in [3.05, 3.63) is 23.3 Å². The monoisotopic (exact) mass is 238 g/mol. The molecule has 0 amide bonds.